The molecule has 1 aromatic rings. The summed E-state index contributed by atoms with van der Waals surface area (Å²) in [5.74, 6) is 0.840. The number of hydrogen-bond acceptors (Lipinski definition) is 5. The van der Waals surface area contributed by atoms with Crippen LogP contribution in [-0.2, 0) is 11.8 Å². The Morgan fingerprint density at radius 3 is 2.81 bits per heavy atom. The van der Waals surface area contributed by atoms with Crippen molar-refractivity contribution in [2.24, 2.45) is 7.05 Å². The van der Waals surface area contributed by atoms with Crippen LogP contribution in [0.4, 0.5) is 0 Å². The van der Waals surface area contributed by atoms with E-state index < -0.39 is 17.2 Å². The Morgan fingerprint density at radius 1 is 1.56 bits per heavy atom. The fraction of sp³-hybridized carbons (Fsp3) is 0.444. The van der Waals surface area contributed by atoms with Crippen LogP contribution in [0.2, 0.25) is 0 Å². The number of carbonyl (C=O) groups excluding carboxylic acids is 1. The van der Waals surface area contributed by atoms with Gasteiger partial charge in [0.2, 0.25) is 0 Å². The van der Waals surface area contributed by atoms with Gasteiger partial charge in [-0.1, -0.05) is 0 Å². The molecular weight excluding hydrogens is 232 g/mol. The van der Waals surface area contributed by atoms with Crippen LogP contribution in [-0.4, -0.2) is 33.1 Å². The van der Waals surface area contributed by atoms with Crippen molar-refractivity contribution in [1.82, 2.24) is 9.55 Å². The standard InChI is InChI=1S/C9H10N2O4S/c1-11-2-6(7(12)10-9(11)14)8(13)15-5-3-16-4-5/h2,5H,3-4H2,1H3,(H,10,12,14). The lowest BCUT2D eigenvalue weighted by Gasteiger charge is -2.24. The SMILES string of the molecule is Cn1cc(C(=O)OC2CSC2)c(=O)[nH]c1=O. The average molecular weight is 242 g/mol. The Hall–Kier alpha value is -1.50. The first kappa shape index (κ1) is 11.0. The maximum Gasteiger partial charge on any atom is 0.345 e. The van der Waals surface area contributed by atoms with E-state index in [9.17, 15) is 14.4 Å². The summed E-state index contributed by atoms with van der Waals surface area (Å²) >= 11 is 1.67. The number of aromatic amines is 1. The summed E-state index contributed by atoms with van der Waals surface area (Å²) in [6, 6.07) is 0. The molecule has 7 heteroatoms. The number of rotatable bonds is 2. The molecular formula is C9H10N2O4S. The van der Waals surface area contributed by atoms with E-state index in [1.165, 1.54) is 13.2 Å². The van der Waals surface area contributed by atoms with Crippen LogP contribution >= 0.6 is 11.8 Å². The van der Waals surface area contributed by atoms with Gasteiger partial charge in [-0.2, -0.15) is 11.8 Å². The zero-order valence-electron chi connectivity index (χ0n) is 8.56. The van der Waals surface area contributed by atoms with Crippen molar-refractivity contribution in [2.75, 3.05) is 11.5 Å². The van der Waals surface area contributed by atoms with Crippen LogP contribution < -0.4 is 11.2 Å². The number of thioether (sulfide) groups is 1. The number of nitrogens with one attached hydrogen (secondary N) is 1. The van der Waals surface area contributed by atoms with Gasteiger partial charge in [0, 0.05) is 24.8 Å². The number of aryl methyl sites for hydroxylation is 1. The minimum Gasteiger partial charge on any atom is -0.457 e. The van der Waals surface area contributed by atoms with E-state index in [0.717, 1.165) is 16.1 Å². The Labute approximate surface area is 94.6 Å². The van der Waals surface area contributed by atoms with Gasteiger partial charge in [0.05, 0.1) is 0 Å². The van der Waals surface area contributed by atoms with Crippen LogP contribution in [0.5, 0.6) is 0 Å². The molecule has 0 saturated carbocycles. The van der Waals surface area contributed by atoms with Crippen molar-refractivity contribution < 1.29 is 9.53 Å². The maximum absolute atomic E-state index is 11.6. The molecule has 1 aromatic heterocycles. The molecule has 0 bridgehead atoms. The molecule has 0 radical (unpaired) electrons. The Balaban J connectivity index is 2.25. The topological polar surface area (TPSA) is 81.2 Å². The fourth-order valence-corrected chi connectivity index (χ4v) is 1.77. The summed E-state index contributed by atoms with van der Waals surface area (Å²) in [6.45, 7) is 0. The second-order valence-electron chi connectivity index (χ2n) is 3.48. The zero-order chi connectivity index (χ0) is 11.7. The van der Waals surface area contributed by atoms with E-state index in [0.29, 0.717) is 0 Å². The third kappa shape index (κ3) is 2.04. The van der Waals surface area contributed by atoms with Crippen molar-refractivity contribution in [3.8, 4) is 0 Å². The van der Waals surface area contributed by atoms with Crippen LogP contribution in [0.25, 0.3) is 0 Å². The van der Waals surface area contributed by atoms with Crippen LogP contribution in [0, 0.1) is 0 Å². The van der Waals surface area contributed by atoms with E-state index in [1.54, 1.807) is 11.8 Å². The summed E-state index contributed by atoms with van der Waals surface area (Å²) in [5, 5.41) is 0. The molecule has 2 rings (SSSR count). The minimum atomic E-state index is -0.708. The van der Waals surface area contributed by atoms with Crippen LogP contribution in [0.15, 0.2) is 15.8 Å². The van der Waals surface area contributed by atoms with E-state index >= 15 is 0 Å². The van der Waals surface area contributed by atoms with Crippen molar-refractivity contribution in [3.63, 3.8) is 0 Å². The van der Waals surface area contributed by atoms with Gasteiger partial charge < -0.3 is 9.30 Å². The number of ether oxygens (including phenoxy) is 1. The highest BCUT2D eigenvalue weighted by Crippen LogP contribution is 2.21. The predicted octanol–water partition coefficient (Wildman–Crippen LogP) is -0.654. The highest BCUT2D eigenvalue weighted by atomic mass is 32.2. The van der Waals surface area contributed by atoms with Gasteiger partial charge in [-0.15, -0.1) is 0 Å². The maximum atomic E-state index is 11.6. The fourth-order valence-electron chi connectivity index (χ4n) is 1.21. The molecule has 1 N–H and O–H groups in total. The smallest absolute Gasteiger partial charge is 0.345 e. The van der Waals surface area contributed by atoms with Gasteiger partial charge in [-0.25, -0.2) is 9.59 Å². The van der Waals surface area contributed by atoms with Gasteiger partial charge in [0.1, 0.15) is 11.7 Å². The number of H-pyrrole nitrogens is 1. The zero-order valence-corrected chi connectivity index (χ0v) is 9.37. The minimum absolute atomic E-state index is 0.117. The molecule has 0 spiro atoms. The van der Waals surface area contributed by atoms with E-state index in [4.69, 9.17) is 4.74 Å². The van der Waals surface area contributed by atoms with Crippen molar-refractivity contribution in [1.29, 1.82) is 0 Å². The van der Waals surface area contributed by atoms with Gasteiger partial charge >= 0.3 is 11.7 Å². The number of carbonyl (C=O) groups is 1. The third-order valence-electron chi connectivity index (χ3n) is 2.21. The lowest BCUT2D eigenvalue weighted by molar-refractivity contribution is 0.0371. The van der Waals surface area contributed by atoms with Crippen LogP contribution in [0.3, 0.4) is 0 Å². The molecule has 16 heavy (non-hydrogen) atoms. The second-order valence-corrected chi connectivity index (χ2v) is 4.55. The predicted molar refractivity (Wildman–Crippen MR) is 58.8 cm³/mol. The molecule has 1 aliphatic rings. The molecule has 86 valence electrons. The monoisotopic (exact) mass is 242 g/mol. The highest BCUT2D eigenvalue weighted by molar-refractivity contribution is 8.00. The van der Waals surface area contributed by atoms with Gasteiger partial charge in [-0.3, -0.25) is 9.78 Å². The molecule has 0 aromatic carbocycles. The summed E-state index contributed by atoms with van der Waals surface area (Å²) in [6.07, 6.45) is 1.07. The first-order valence-corrected chi connectivity index (χ1v) is 5.82. The molecule has 6 nitrogen and oxygen atoms in total. The second kappa shape index (κ2) is 4.17. The van der Waals surface area contributed by atoms with E-state index in [-0.39, 0.29) is 11.7 Å². The molecule has 1 aliphatic heterocycles. The summed E-state index contributed by atoms with van der Waals surface area (Å²) in [7, 11) is 1.45. The summed E-state index contributed by atoms with van der Waals surface area (Å²) in [5.41, 5.74) is -1.40. The van der Waals surface area contributed by atoms with Crippen LogP contribution in [0.1, 0.15) is 10.4 Å². The molecule has 1 fully saturated rings. The molecule has 1 saturated heterocycles. The summed E-state index contributed by atoms with van der Waals surface area (Å²) < 4.78 is 6.19. The Kier molecular flexibility index (Phi) is 2.86. The number of aromatic nitrogens is 2. The van der Waals surface area contributed by atoms with Gasteiger partial charge in [0.15, 0.2) is 0 Å². The lowest BCUT2D eigenvalue weighted by atomic mass is 10.3. The first-order chi connectivity index (χ1) is 7.58. The molecule has 0 atom stereocenters. The highest BCUT2D eigenvalue weighted by Gasteiger charge is 2.24. The van der Waals surface area contributed by atoms with Crippen molar-refractivity contribution in [3.05, 3.63) is 32.6 Å². The number of esters is 1. The molecule has 0 amide bonds. The number of nitrogens with zero attached hydrogens (tertiary/aromatic N) is 1. The quantitative estimate of drug-likeness (QED) is 0.697. The average Bonchev–Trinajstić information content (AvgIpc) is 2.17. The normalized spacial score (nSPS) is 15.6. The first-order valence-electron chi connectivity index (χ1n) is 4.66. The van der Waals surface area contributed by atoms with Crippen molar-refractivity contribution >= 4 is 17.7 Å². The third-order valence-corrected chi connectivity index (χ3v) is 3.42. The summed E-state index contributed by atoms with van der Waals surface area (Å²) in [4.78, 5) is 36.0. The lowest BCUT2D eigenvalue weighted by Crippen LogP contribution is -2.36. The molecule has 0 unspecified atom stereocenters. The Bertz CT molecular complexity index is 529. The van der Waals surface area contributed by atoms with Crippen molar-refractivity contribution in [2.45, 2.75) is 6.10 Å². The van der Waals surface area contributed by atoms with Gasteiger partial charge in [0.25, 0.3) is 5.56 Å². The van der Waals surface area contributed by atoms with E-state index in [1.807, 2.05) is 4.98 Å². The van der Waals surface area contributed by atoms with Gasteiger partial charge in [-0.05, 0) is 0 Å². The molecule has 2 heterocycles. The number of hydrogen-bond donors (Lipinski definition) is 1. The largest absolute Gasteiger partial charge is 0.457 e. The van der Waals surface area contributed by atoms with E-state index in [2.05, 4.69) is 0 Å². The Morgan fingerprint density at radius 2 is 2.25 bits per heavy atom. The molecule has 0 aliphatic carbocycles.